The molecule has 2 saturated carbocycles. The van der Waals surface area contributed by atoms with Gasteiger partial charge in [-0.2, -0.15) is 0 Å². The van der Waals surface area contributed by atoms with E-state index >= 15 is 0 Å². The fourth-order valence-corrected chi connectivity index (χ4v) is 9.20. The van der Waals surface area contributed by atoms with Crippen LogP contribution in [0.3, 0.4) is 0 Å². The van der Waals surface area contributed by atoms with E-state index in [2.05, 4.69) is 26.8 Å². The number of hydrogen-bond donors (Lipinski definition) is 0. The number of epoxide rings is 1. The van der Waals surface area contributed by atoms with Crippen LogP contribution in [0.1, 0.15) is 72.5 Å². The summed E-state index contributed by atoms with van der Waals surface area (Å²) >= 11 is 0. The molecule has 0 N–H and O–H groups in total. The zero-order valence-corrected chi connectivity index (χ0v) is 21.3. The fraction of sp³-hybridized carbons (Fsp3) is 0.679. The zero-order valence-electron chi connectivity index (χ0n) is 21.3. The van der Waals surface area contributed by atoms with Crippen molar-refractivity contribution in [3.8, 4) is 0 Å². The fourth-order valence-electron chi connectivity index (χ4n) is 9.20. The van der Waals surface area contributed by atoms with Crippen molar-refractivity contribution in [2.45, 2.75) is 84.7 Å². The molecule has 6 rings (SSSR count). The summed E-state index contributed by atoms with van der Waals surface area (Å²) in [5, 5.41) is 0. The molecule has 7 nitrogen and oxygen atoms in total. The van der Waals surface area contributed by atoms with Gasteiger partial charge in [-0.15, -0.1) is 0 Å². The molecular weight excluding hydrogens is 448 g/mol. The van der Waals surface area contributed by atoms with Crippen molar-refractivity contribution in [2.75, 3.05) is 0 Å². The van der Waals surface area contributed by atoms with Crippen LogP contribution in [-0.4, -0.2) is 35.5 Å². The molecule has 0 amide bonds. The van der Waals surface area contributed by atoms with Gasteiger partial charge >= 0.3 is 11.9 Å². The Kier molecular flexibility index (Phi) is 4.38. The highest BCUT2D eigenvalue weighted by molar-refractivity contribution is 5.95. The van der Waals surface area contributed by atoms with E-state index in [0.717, 1.165) is 18.4 Å². The lowest BCUT2D eigenvalue weighted by Crippen LogP contribution is -2.72. The lowest BCUT2D eigenvalue weighted by Gasteiger charge is -2.68. The minimum Gasteiger partial charge on any atom is -0.472 e. The van der Waals surface area contributed by atoms with Gasteiger partial charge in [0.25, 0.3) is 0 Å². The van der Waals surface area contributed by atoms with Gasteiger partial charge in [-0.25, -0.2) is 4.79 Å². The molecule has 1 aromatic rings. The minimum absolute atomic E-state index is 0.00639. The first-order valence-corrected chi connectivity index (χ1v) is 12.7. The number of rotatable bonds is 2. The van der Waals surface area contributed by atoms with Crippen LogP contribution < -0.4 is 0 Å². The number of ketones is 1. The average Bonchev–Trinajstić information content (AvgIpc) is 3.35. The van der Waals surface area contributed by atoms with Crippen LogP contribution in [0.5, 0.6) is 0 Å². The summed E-state index contributed by atoms with van der Waals surface area (Å²) in [6, 6.07) is 1.84. The zero-order chi connectivity index (χ0) is 25.2. The van der Waals surface area contributed by atoms with E-state index in [4.69, 9.17) is 18.6 Å². The molecule has 0 unspecified atom stereocenters. The first kappa shape index (κ1) is 23.0. The summed E-state index contributed by atoms with van der Waals surface area (Å²) in [6.07, 6.45) is 7.46. The molecule has 0 radical (unpaired) electrons. The van der Waals surface area contributed by atoms with Crippen molar-refractivity contribution in [1.82, 2.24) is 0 Å². The molecule has 9 atom stereocenters. The van der Waals surface area contributed by atoms with Crippen molar-refractivity contribution in [2.24, 2.45) is 33.5 Å². The second-order valence-corrected chi connectivity index (χ2v) is 12.6. The van der Waals surface area contributed by atoms with E-state index in [9.17, 15) is 14.4 Å². The van der Waals surface area contributed by atoms with Gasteiger partial charge in [0.1, 0.15) is 17.8 Å². The highest BCUT2D eigenvalue weighted by Crippen LogP contribution is 2.79. The number of fused-ring (bicyclic) bond motifs is 3. The maximum atomic E-state index is 13.2. The van der Waals surface area contributed by atoms with Crippen LogP contribution in [0.2, 0.25) is 0 Å². The number of carbonyl (C=O) groups is 3. The van der Waals surface area contributed by atoms with Crippen LogP contribution in [0.4, 0.5) is 0 Å². The van der Waals surface area contributed by atoms with Crippen LogP contribution in [0, 0.1) is 33.5 Å². The molecule has 4 fully saturated rings. The van der Waals surface area contributed by atoms with Crippen LogP contribution >= 0.6 is 0 Å². The quantitative estimate of drug-likeness (QED) is 0.450. The van der Waals surface area contributed by atoms with E-state index in [1.54, 1.807) is 18.6 Å². The molecule has 0 aromatic carbocycles. The topological polar surface area (TPSA) is 95.3 Å². The molecule has 7 heteroatoms. The first-order chi connectivity index (χ1) is 16.3. The van der Waals surface area contributed by atoms with E-state index in [0.29, 0.717) is 6.42 Å². The normalized spacial score (nSPS) is 49.1. The number of esters is 2. The Hall–Kier alpha value is -2.41. The van der Waals surface area contributed by atoms with Crippen LogP contribution in [-0.2, 0) is 28.6 Å². The Labute approximate surface area is 205 Å². The lowest BCUT2D eigenvalue weighted by molar-refractivity contribution is -0.251. The predicted molar refractivity (Wildman–Crippen MR) is 124 cm³/mol. The van der Waals surface area contributed by atoms with Gasteiger partial charge in [-0.1, -0.05) is 40.7 Å². The first-order valence-electron chi connectivity index (χ1n) is 12.7. The Morgan fingerprint density at radius 3 is 2.49 bits per heavy atom. The maximum absolute atomic E-state index is 13.2. The van der Waals surface area contributed by atoms with E-state index in [1.165, 1.54) is 6.92 Å². The molecule has 1 spiro atoms. The van der Waals surface area contributed by atoms with Gasteiger partial charge in [0.15, 0.2) is 11.9 Å². The number of cyclic esters (lactones) is 1. The van der Waals surface area contributed by atoms with Crippen molar-refractivity contribution in [1.29, 1.82) is 0 Å². The third-order valence-corrected chi connectivity index (χ3v) is 10.8. The Morgan fingerprint density at radius 2 is 1.83 bits per heavy atom. The van der Waals surface area contributed by atoms with Crippen molar-refractivity contribution >= 4 is 17.7 Å². The molecule has 0 bridgehead atoms. The predicted octanol–water partition coefficient (Wildman–Crippen LogP) is 4.56. The van der Waals surface area contributed by atoms with Crippen LogP contribution in [0.15, 0.2) is 35.2 Å². The van der Waals surface area contributed by atoms with Crippen molar-refractivity contribution in [3.05, 3.63) is 36.3 Å². The summed E-state index contributed by atoms with van der Waals surface area (Å²) < 4.78 is 24.0. The number of furan rings is 1. The molecule has 35 heavy (non-hydrogen) atoms. The second kappa shape index (κ2) is 6.67. The molecule has 188 valence electrons. The molecule has 1 aromatic heterocycles. The van der Waals surface area contributed by atoms with Crippen molar-refractivity contribution < 1.29 is 33.0 Å². The van der Waals surface area contributed by atoms with Gasteiger partial charge in [0.05, 0.1) is 12.5 Å². The lowest BCUT2D eigenvalue weighted by atomic mass is 9.35. The summed E-state index contributed by atoms with van der Waals surface area (Å²) in [6.45, 7) is 12.0. The number of allylic oxidation sites excluding steroid dienone is 2. The summed E-state index contributed by atoms with van der Waals surface area (Å²) in [5.74, 6) is -0.603. The summed E-state index contributed by atoms with van der Waals surface area (Å²) in [5.41, 5.74) is -2.15. The summed E-state index contributed by atoms with van der Waals surface area (Å²) in [7, 11) is 0. The third-order valence-electron chi connectivity index (χ3n) is 10.8. The minimum atomic E-state index is -0.853. The molecular formula is C28H34O7. The number of carbonyl (C=O) groups excluding carboxylic acids is 3. The molecule has 5 aliphatic rings. The SMILES string of the molecule is CC(=O)O[C@H]1C[C@@H]2C(C)(C)C(=O)C=C[C@]2(C)[C@H]2CC[C@@]3(C)[C@@H](c4ccoc4)OC(=O)[C@@H]4O[C@@]43[C@]12C. The highest BCUT2D eigenvalue weighted by Gasteiger charge is 2.88. The monoisotopic (exact) mass is 482 g/mol. The molecule has 2 saturated heterocycles. The largest absolute Gasteiger partial charge is 0.472 e. The highest BCUT2D eigenvalue weighted by atomic mass is 16.7. The standard InChI is InChI=1S/C28H34O7/c1-15(29)33-20-13-18-24(2,3)19(30)8-10-25(18,4)17-7-11-26(5)21(16-9-12-32-14-16)34-23(31)22-28(26,35-22)27(17,20)6/h8-10,12,14,17-18,20-22H,7,11,13H2,1-6H3/t17-,18-,20+,21-,22+,25-,26+,27+,28+/m1/s1. The maximum Gasteiger partial charge on any atom is 0.339 e. The van der Waals surface area contributed by atoms with E-state index in [1.807, 2.05) is 19.9 Å². The summed E-state index contributed by atoms with van der Waals surface area (Å²) in [4.78, 5) is 38.6. The van der Waals surface area contributed by atoms with Crippen molar-refractivity contribution in [3.63, 3.8) is 0 Å². The van der Waals surface area contributed by atoms with E-state index in [-0.39, 0.29) is 35.0 Å². The van der Waals surface area contributed by atoms with E-state index < -0.39 is 40.2 Å². The van der Waals surface area contributed by atoms with Crippen LogP contribution in [0.25, 0.3) is 0 Å². The average molecular weight is 483 g/mol. The van der Waals surface area contributed by atoms with Gasteiger partial charge in [0.2, 0.25) is 0 Å². The van der Waals surface area contributed by atoms with Gasteiger partial charge in [-0.3, -0.25) is 9.59 Å². The Morgan fingerprint density at radius 1 is 1.09 bits per heavy atom. The smallest absolute Gasteiger partial charge is 0.339 e. The van der Waals surface area contributed by atoms with Gasteiger partial charge in [-0.05, 0) is 48.7 Å². The third kappa shape index (κ3) is 2.48. The van der Waals surface area contributed by atoms with Gasteiger partial charge in [0, 0.05) is 28.7 Å². The van der Waals surface area contributed by atoms with Gasteiger partial charge < -0.3 is 18.6 Å². The Balaban J connectivity index is 1.55. The number of ether oxygens (including phenoxy) is 3. The molecule has 3 aliphatic carbocycles. The second-order valence-electron chi connectivity index (χ2n) is 12.6. The Bertz CT molecular complexity index is 1150. The molecule has 2 aliphatic heterocycles. The number of hydrogen-bond acceptors (Lipinski definition) is 7. The molecule has 3 heterocycles.